The van der Waals surface area contributed by atoms with E-state index in [1.165, 1.54) is 19.3 Å². The highest BCUT2D eigenvalue weighted by atomic mass is 35.5. The molecule has 0 aromatic rings. The van der Waals surface area contributed by atoms with E-state index < -0.39 is 0 Å². The number of amides is 1. The Hall–Kier alpha value is -0.280. The number of carbonyl (C=O) groups is 1. The van der Waals surface area contributed by atoms with Gasteiger partial charge in [0.05, 0.1) is 0 Å². The van der Waals surface area contributed by atoms with Gasteiger partial charge in [-0.1, -0.05) is 6.92 Å². The molecule has 1 unspecified atom stereocenters. The lowest BCUT2D eigenvalue weighted by Gasteiger charge is -2.37. The smallest absolute Gasteiger partial charge is 0.220 e. The molecule has 2 aliphatic rings. The summed E-state index contributed by atoms with van der Waals surface area (Å²) in [6.07, 6.45) is 7.79. The van der Waals surface area contributed by atoms with Crippen LogP contribution in [0.1, 0.15) is 58.8 Å². The molecule has 112 valence electrons. The third-order valence-corrected chi connectivity index (χ3v) is 4.76. The van der Waals surface area contributed by atoms with E-state index in [0.29, 0.717) is 6.42 Å². The van der Waals surface area contributed by atoms with Gasteiger partial charge in [-0.2, -0.15) is 0 Å². The molecule has 0 bridgehead atoms. The summed E-state index contributed by atoms with van der Waals surface area (Å²) in [5, 5.41) is 6.64. The molecule has 4 heteroatoms. The first-order chi connectivity index (χ1) is 8.57. The van der Waals surface area contributed by atoms with Gasteiger partial charge in [0.15, 0.2) is 0 Å². The van der Waals surface area contributed by atoms with Crippen molar-refractivity contribution in [3.63, 3.8) is 0 Å². The molecule has 1 heterocycles. The number of hydrogen-bond donors (Lipinski definition) is 2. The normalized spacial score (nSPS) is 34.6. The van der Waals surface area contributed by atoms with Gasteiger partial charge in [-0.05, 0) is 70.4 Å². The minimum atomic E-state index is 0. The van der Waals surface area contributed by atoms with Crippen LogP contribution in [0.4, 0.5) is 0 Å². The fourth-order valence-corrected chi connectivity index (χ4v) is 3.22. The Bertz CT molecular complexity index is 282. The summed E-state index contributed by atoms with van der Waals surface area (Å²) < 4.78 is 0. The Morgan fingerprint density at radius 1 is 1.32 bits per heavy atom. The van der Waals surface area contributed by atoms with Crippen molar-refractivity contribution in [1.82, 2.24) is 10.6 Å². The van der Waals surface area contributed by atoms with Crippen molar-refractivity contribution >= 4 is 18.3 Å². The van der Waals surface area contributed by atoms with Gasteiger partial charge in [0.2, 0.25) is 5.91 Å². The van der Waals surface area contributed by atoms with Crippen molar-refractivity contribution in [2.75, 3.05) is 13.1 Å². The Labute approximate surface area is 123 Å². The van der Waals surface area contributed by atoms with Gasteiger partial charge in [-0.25, -0.2) is 0 Å². The standard InChI is InChI=1S/C15H28N2O.ClH/c1-12-5-8-15(2,9-6-12)17-14(18)4-3-13-7-10-16-11-13;/h12-13,16H,3-11H2,1-2H3,(H,17,18);1H. The minimum absolute atomic E-state index is 0. The molecule has 1 atom stereocenters. The van der Waals surface area contributed by atoms with E-state index in [0.717, 1.165) is 44.2 Å². The highest BCUT2D eigenvalue weighted by Gasteiger charge is 2.30. The lowest BCUT2D eigenvalue weighted by Crippen LogP contribution is -2.48. The van der Waals surface area contributed by atoms with Gasteiger partial charge in [0.1, 0.15) is 0 Å². The predicted molar refractivity (Wildman–Crippen MR) is 81.6 cm³/mol. The number of hydrogen-bond acceptors (Lipinski definition) is 2. The number of halogens is 1. The summed E-state index contributed by atoms with van der Waals surface area (Å²) in [4.78, 5) is 12.0. The molecule has 19 heavy (non-hydrogen) atoms. The third kappa shape index (κ3) is 5.31. The largest absolute Gasteiger partial charge is 0.351 e. The maximum absolute atomic E-state index is 12.0. The second-order valence-electron chi connectivity index (χ2n) is 6.69. The van der Waals surface area contributed by atoms with Crippen molar-refractivity contribution < 1.29 is 4.79 Å². The summed E-state index contributed by atoms with van der Waals surface area (Å²) in [5.74, 6) is 1.81. The van der Waals surface area contributed by atoms with Crippen LogP contribution in [-0.4, -0.2) is 24.5 Å². The van der Waals surface area contributed by atoms with E-state index in [4.69, 9.17) is 0 Å². The lowest BCUT2D eigenvalue weighted by molar-refractivity contribution is -0.123. The Morgan fingerprint density at radius 3 is 2.58 bits per heavy atom. The molecule has 1 saturated carbocycles. The lowest BCUT2D eigenvalue weighted by atomic mass is 9.78. The van der Waals surface area contributed by atoms with E-state index >= 15 is 0 Å². The first kappa shape index (κ1) is 16.8. The van der Waals surface area contributed by atoms with Crippen molar-refractivity contribution in [1.29, 1.82) is 0 Å². The molecular formula is C15H29ClN2O. The van der Waals surface area contributed by atoms with Gasteiger partial charge >= 0.3 is 0 Å². The zero-order chi connectivity index (χ0) is 13.0. The average Bonchev–Trinajstić information content (AvgIpc) is 2.84. The van der Waals surface area contributed by atoms with Crippen LogP contribution in [0, 0.1) is 11.8 Å². The zero-order valence-electron chi connectivity index (χ0n) is 12.3. The predicted octanol–water partition coefficient (Wildman–Crippen LogP) is 2.88. The Kier molecular flexibility index (Phi) is 6.61. The molecule has 1 amide bonds. The summed E-state index contributed by atoms with van der Waals surface area (Å²) >= 11 is 0. The van der Waals surface area contributed by atoms with E-state index in [1.807, 2.05) is 0 Å². The maximum atomic E-state index is 12.0. The minimum Gasteiger partial charge on any atom is -0.351 e. The van der Waals surface area contributed by atoms with Crippen LogP contribution in [0.3, 0.4) is 0 Å². The van der Waals surface area contributed by atoms with E-state index in [2.05, 4.69) is 24.5 Å². The molecular weight excluding hydrogens is 260 g/mol. The van der Waals surface area contributed by atoms with Gasteiger partial charge in [-0.3, -0.25) is 4.79 Å². The second kappa shape index (κ2) is 7.49. The van der Waals surface area contributed by atoms with Crippen LogP contribution in [-0.2, 0) is 4.79 Å². The van der Waals surface area contributed by atoms with Crippen molar-refractivity contribution in [3.05, 3.63) is 0 Å². The maximum Gasteiger partial charge on any atom is 0.220 e. The number of rotatable bonds is 4. The average molecular weight is 289 g/mol. The summed E-state index contributed by atoms with van der Waals surface area (Å²) in [7, 11) is 0. The van der Waals surface area contributed by atoms with Gasteiger partial charge < -0.3 is 10.6 Å². The van der Waals surface area contributed by atoms with Crippen LogP contribution in [0.5, 0.6) is 0 Å². The number of carbonyl (C=O) groups excluding carboxylic acids is 1. The molecule has 1 aliphatic carbocycles. The first-order valence-corrected chi connectivity index (χ1v) is 7.59. The van der Waals surface area contributed by atoms with E-state index in [9.17, 15) is 4.79 Å². The highest BCUT2D eigenvalue weighted by molar-refractivity contribution is 5.85. The number of nitrogens with one attached hydrogen (secondary N) is 2. The van der Waals surface area contributed by atoms with Gasteiger partial charge in [0.25, 0.3) is 0 Å². The monoisotopic (exact) mass is 288 g/mol. The van der Waals surface area contributed by atoms with Crippen LogP contribution < -0.4 is 10.6 Å². The molecule has 0 radical (unpaired) electrons. The van der Waals surface area contributed by atoms with Gasteiger partial charge in [-0.15, -0.1) is 12.4 Å². The highest BCUT2D eigenvalue weighted by Crippen LogP contribution is 2.31. The summed E-state index contributed by atoms with van der Waals surface area (Å²) in [5.41, 5.74) is 0.0670. The van der Waals surface area contributed by atoms with E-state index in [1.54, 1.807) is 0 Å². The Balaban J connectivity index is 0.00000180. The molecule has 0 aromatic carbocycles. The quantitative estimate of drug-likeness (QED) is 0.835. The fourth-order valence-electron chi connectivity index (χ4n) is 3.22. The van der Waals surface area contributed by atoms with Crippen LogP contribution in [0.25, 0.3) is 0 Å². The van der Waals surface area contributed by atoms with E-state index in [-0.39, 0.29) is 23.9 Å². The topological polar surface area (TPSA) is 41.1 Å². The van der Waals surface area contributed by atoms with Crippen LogP contribution in [0.2, 0.25) is 0 Å². The molecule has 3 nitrogen and oxygen atoms in total. The SMILES string of the molecule is CC1CCC(C)(NC(=O)CCC2CCNC2)CC1.Cl. The zero-order valence-corrected chi connectivity index (χ0v) is 13.2. The molecule has 0 aromatic heterocycles. The fraction of sp³-hybridized carbons (Fsp3) is 0.933. The first-order valence-electron chi connectivity index (χ1n) is 7.59. The van der Waals surface area contributed by atoms with Crippen molar-refractivity contribution in [2.45, 2.75) is 64.3 Å². The summed E-state index contributed by atoms with van der Waals surface area (Å²) in [6, 6.07) is 0. The van der Waals surface area contributed by atoms with Crippen LogP contribution >= 0.6 is 12.4 Å². The summed E-state index contributed by atoms with van der Waals surface area (Å²) in [6.45, 7) is 6.76. The molecule has 2 fully saturated rings. The molecule has 0 spiro atoms. The third-order valence-electron chi connectivity index (χ3n) is 4.76. The molecule has 1 aliphatic heterocycles. The second-order valence-corrected chi connectivity index (χ2v) is 6.69. The van der Waals surface area contributed by atoms with Crippen LogP contribution in [0.15, 0.2) is 0 Å². The van der Waals surface area contributed by atoms with Crippen molar-refractivity contribution in [2.24, 2.45) is 11.8 Å². The van der Waals surface area contributed by atoms with Gasteiger partial charge in [0, 0.05) is 12.0 Å². The molecule has 1 saturated heterocycles. The molecule has 2 rings (SSSR count). The molecule has 2 N–H and O–H groups in total. The van der Waals surface area contributed by atoms with Crippen molar-refractivity contribution in [3.8, 4) is 0 Å². The Morgan fingerprint density at radius 2 is 2.00 bits per heavy atom.